The molecule has 1 aliphatic carbocycles. The van der Waals surface area contributed by atoms with Crippen LogP contribution < -0.4 is 0 Å². The van der Waals surface area contributed by atoms with Crippen LogP contribution in [0.1, 0.15) is 44.0 Å². The van der Waals surface area contributed by atoms with Crippen molar-refractivity contribution in [2.75, 3.05) is 13.1 Å². The molecule has 0 radical (unpaired) electrons. The van der Waals surface area contributed by atoms with E-state index in [1.165, 1.54) is 25.7 Å². The molecule has 0 N–H and O–H groups in total. The molecule has 4 rings (SSSR count). The molecule has 0 unspecified atom stereocenters. The molecule has 23 heavy (non-hydrogen) atoms. The molecule has 3 heterocycles. The summed E-state index contributed by atoms with van der Waals surface area (Å²) < 4.78 is 0. The number of aromatic nitrogens is 2. The van der Waals surface area contributed by atoms with Crippen LogP contribution in [0.25, 0.3) is 5.43 Å². The number of hydrogen-bond donors (Lipinski definition) is 0. The summed E-state index contributed by atoms with van der Waals surface area (Å²) in [6.45, 7) is 5.95. The molecule has 1 saturated carbocycles. The van der Waals surface area contributed by atoms with Crippen LogP contribution in [0.15, 0.2) is 17.2 Å². The summed E-state index contributed by atoms with van der Waals surface area (Å²) >= 11 is 4.57. The van der Waals surface area contributed by atoms with E-state index in [2.05, 4.69) is 37.8 Å². The third-order valence-corrected chi connectivity index (χ3v) is 5.04. The van der Waals surface area contributed by atoms with Crippen LogP contribution >= 0.6 is 0 Å². The summed E-state index contributed by atoms with van der Waals surface area (Å²) in [7, 11) is 0. The van der Waals surface area contributed by atoms with E-state index in [0.29, 0.717) is 0 Å². The minimum absolute atomic E-state index is 0. The monoisotopic (exact) mass is 380 g/mol. The second kappa shape index (κ2) is 8.29. The molecule has 0 amide bonds. The van der Waals surface area contributed by atoms with Crippen molar-refractivity contribution in [1.29, 1.82) is 0 Å². The van der Waals surface area contributed by atoms with Gasteiger partial charge in [-0.25, -0.2) is 4.90 Å². The molecule has 2 saturated heterocycles. The van der Waals surface area contributed by atoms with Crippen LogP contribution in [-0.4, -0.2) is 39.0 Å². The Kier molecular flexibility index (Phi) is 6.65. The van der Waals surface area contributed by atoms with Crippen molar-refractivity contribution in [2.45, 2.75) is 39.5 Å². The average molecular weight is 381 g/mol. The number of nitrogens with zero attached hydrogens (tertiary/aromatic N) is 5. The van der Waals surface area contributed by atoms with Crippen LogP contribution in [-0.2, 0) is 29.3 Å². The van der Waals surface area contributed by atoms with Crippen molar-refractivity contribution in [3.05, 3.63) is 28.9 Å². The molecule has 2 aliphatic heterocycles. The Morgan fingerprint density at radius 3 is 2.30 bits per heavy atom. The van der Waals surface area contributed by atoms with Gasteiger partial charge in [0, 0.05) is 18.8 Å². The summed E-state index contributed by atoms with van der Waals surface area (Å²) in [5, 5.41) is 13.2. The SMILES string of the molecule is CC(=N[N-]C(=[SH+])N1CC2CCC(CC2)C1)c1ccc(C)nn1.[Cu+]. The van der Waals surface area contributed by atoms with Crippen molar-refractivity contribution >= 4 is 23.0 Å². The van der Waals surface area contributed by atoms with Crippen molar-refractivity contribution < 1.29 is 17.1 Å². The van der Waals surface area contributed by atoms with Gasteiger partial charge in [0.05, 0.1) is 5.69 Å². The molecular formula is C16H23CuN5S+. The van der Waals surface area contributed by atoms with E-state index in [9.17, 15) is 0 Å². The van der Waals surface area contributed by atoms with Gasteiger partial charge in [0.15, 0.2) is 17.3 Å². The van der Waals surface area contributed by atoms with Crippen molar-refractivity contribution in [3.8, 4) is 0 Å². The fraction of sp³-hybridized carbons (Fsp3) is 0.625. The summed E-state index contributed by atoms with van der Waals surface area (Å²) in [6.07, 6.45) is 5.40. The number of thiol groups is 1. The standard InChI is InChI=1S/C16H23N5S.Cu/c1-11-3-8-15(19-17-11)12(2)18-20-16(22)21-9-13-4-5-14(10-21)7-6-13;/h3,8,13-14H,4-7,9-10H2,1-2H3,(H,19,20,22);/q;+1. The van der Waals surface area contributed by atoms with Crippen molar-refractivity contribution in [1.82, 2.24) is 15.1 Å². The summed E-state index contributed by atoms with van der Waals surface area (Å²) in [6, 6.07) is 3.85. The van der Waals surface area contributed by atoms with Crippen LogP contribution in [0, 0.1) is 18.8 Å². The molecule has 3 fully saturated rings. The third-order valence-electron chi connectivity index (χ3n) is 4.66. The Hall–Kier alpha value is -0.881. The number of fused-ring (bicyclic) bond motifs is 4. The maximum Gasteiger partial charge on any atom is 1.00 e. The molecule has 2 bridgehead atoms. The van der Waals surface area contributed by atoms with E-state index in [1.54, 1.807) is 0 Å². The van der Waals surface area contributed by atoms with E-state index >= 15 is 0 Å². The van der Waals surface area contributed by atoms with E-state index < -0.39 is 0 Å². The van der Waals surface area contributed by atoms with Crippen LogP contribution in [0.5, 0.6) is 0 Å². The number of rotatable bonds is 2. The maximum atomic E-state index is 4.57. The minimum atomic E-state index is 0. The first-order valence-electron chi connectivity index (χ1n) is 7.98. The van der Waals surface area contributed by atoms with Crippen molar-refractivity contribution in [3.63, 3.8) is 0 Å². The van der Waals surface area contributed by atoms with Gasteiger partial charge in [-0.3, -0.25) is 0 Å². The second-order valence-corrected chi connectivity index (χ2v) is 6.84. The number of hydrogen-bond acceptors (Lipinski definition) is 3. The molecule has 0 spiro atoms. The second-order valence-electron chi connectivity index (χ2n) is 6.44. The van der Waals surface area contributed by atoms with Gasteiger partial charge in [-0.15, -0.1) is 5.10 Å². The predicted molar refractivity (Wildman–Crippen MR) is 93.1 cm³/mol. The van der Waals surface area contributed by atoms with Gasteiger partial charge in [-0.1, -0.05) is 0 Å². The fourth-order valence-electron chi connectivity index (χ4n) is 3.28. The van der Waals surface area contributed by atoms with Gasteiger partial charge in [0.2, 0.25) is 0 Å². The molecule has 7 heteroatoms. The fourth-order valence-corrected chi connectivity index (χ4v) is 3.49. The Morgan fingerprint density at radius 1 is 1.17 bits per heavy atom. The normalized spacial score (nSPS) is 24.7. The van der Waals surface area contributed by atoms with Gasteiger partial charge in [-0.05, 0) is 63.5 Å². The molecule has 1 aromatic rings. The first kappa shape index (κ1) is 18.5. The van der Waals surface area contributed by atoms with Gasteiger partial charge < -0.3 is 10.5 Å². The molecule has 3 aliphatic rings. The topological polar surface area (TPSA) is 55.5 Å². The Balaban J connectivity index is 0.00000192. The van der Waals surface area contributed by atoms with E-state index in [4.69, 9.17) is 0 Å². The quantitative estimate of drug-likeness (QED) is 0.198. The molecular weight excluding hydrogens is 358 g/mol. The first-order chi connectivity index (χ1) is 10.6. The Bertz CT molecular complexity index is 552. The minimum Gasteiger partial charge on any atom is -0.515 e. The zero-order chi connectivity index (χ0) is 15.5. The van der Waals surface area contributed by atoms with Gasteiger partial charge in [0.25, 0.3) is 0 Å². The summed E-state index contributed by atoms with van der Waals surface area (Å²) in [5.74, 6) is 1.59. The van der Waals surface area contributed by atoms with Gasteiger partial charge >= 0.3 is 17.1 Å². The molecule has 0 atom stereocenters. The Labute approximate surface area is 153 Å². The summed E-state index contributed by atoms with van der Waals surface area (Å²) in [5.41, 5.74) is 6.73. The van der Waals surface area contributed by atoms with E-state index in [0.717, 1.165) is 47.1 Å². The Morgan fingerprint density at radius 2 is 1.78 bits per heavy atom. The summed E-state index contributed by atoms with van der Waals surface area (Å²) in [4.78, 5) is 2.29. The van der Waals surface area contributed by atoms with E-state index in [-0.39, 0.29) is 17.1 Å². The zero-order valence-corrected chi connectivity index (χ0v) is 15.4. The third kappa shape index (κ3) is 4.80. The molecule has 1 aromatic heterocycles. The number of aryl methyl sites for hydroxylation is 1. The molecule has 128 valence electrons. The van der Waals surface area contributed by atoms with Gasteiger partial charge in [-0.2, -0.15) is 5.10 Å². The van der Waals surface area contributed by atoms with Crippen LogP contribution in [0.2, 0.25) is 0 Å². The largest absolute Gasteiger partial charge is 1.00 e. The van der Waals surface area contributed by atoms with E-state index in [1.807, 2.05) is 26.0 Å². The van der Waals surface area contributed by atoms with Crippen LogP contribution in [0.4, 0.5) is 0 Å². The average Bonchev–Trinajstić information content (AvgIpc) is 2.86. The smallest absolute Gasteiger partial charge is 0.515 e. The molecule has 5 nitrogen and oxygen atoms in total. The predicted octanol–water partition coefficient (Wildman–Crippen LogP) is 2.37. The first-order valence-corrected chi connectivity index (χ1v) is 8.43. The zero-order valence-electron chi connectivity index (χ0n) is 13.5. The molecule has 0 aromatic carbocycles. The van der Waals surface area contributed by atoms with Gasteiger partial charge in [0.1, 0.15) is 5.69 Å². The van der Waals surface area contributed by atoms with Crippen molar-refractivity contribution in [2.24, 2.45) is 16.9 Å². The maximum absolute atomic E-state index is 4.57. The van der Waals surface area contributed by atoms with Crippen LogP contribution in [0.3, 0.4) is 0 Å².